The highest BCUT2D eigenvalue weighted by Gasteiger charge is 2.34. The molecule has 0 aromatic heterocycles. The van der Waals surface area contributed by atoms with Crippen LogP contribution in [-0.2, 0) is 0 Å². The predicted octanol–water partition coefficient (Wildman–Crippen LogP) is 4.53. The van der Waals surface area contributed by atoms with Crippen LogP contribution >= 0.6 is 0 Å². The van der Waals surface area contributed by atoms with E-state index in [1.807, 2.05) is 0 Å². The van der Waals surface area contributed by atoms with E-state index in [4.69, 9.17) is 0 Å². The van der Waals surface area contributed by atoms with Crippen molar-refractivity contribution in [3.63, 3.8) is 0 Å². The van der Waals surface area contributed by atoms with Crippen molar-refractivity contribution in [3.05, 3.63) is 70.6 Å². The first-order chi connectivity index (χ1) is 13.6. The van der Waals surface area contributed by atoms with Crippen LogP contribution in [0, 0.1) is 52.4 Å². The van der Waals surface area contributed by atoms with Crippen LogP contribution in [0.25, 0.3) is 10.8 Å². The van der Waals surface area contributed by atoms with Gasteiger partial charge in [-0.2, -0.15) is 13.2 Å². The monoisotopic (exact) mass is 426 g/mol. The van der Waals surface area contributed by atoms with Crippen molar-refractivity contribution < 1.29 is 53.8 Å². The summed E-state index contributed by atoms with van der Waals surface area (Å²) < 4.78 is 130. The van der Waals surface area contributed by atoms with E-state index < -0.39 is 81.9 Å². The van der Waals surface area contributed by atoms with E-state index >= 15 is 0 Å². The Labute approximate surface area is 155 Å². The largest absolute Gasteiger partial charge is 0.785 e. The maximum absolute atomic E-state index is 14.0. The zero-order valence-corrected chi connectivity index (χ0v) is 13.5. The molecular formula is C16H4BF9O3. The molecule has 0 heterocycles. The first-order valence-corrected chi connectivity index (χ1v) is 7.33. The Morgan fingerprint density at radius 3 is 1.62 bits per heavy atom. The predicted molar refractivity (Wildman–Crippen MR) is 79.2 cm³/mol. The van der Waals surface area contributed by atoms with Gasteiger partial charge in [0.25, 0.3) is 0 Å². The quantitative estimate of drug-likeness (QED) is 0.289. The van der Waals surface area contributed by atoms with Gasteiger partial charge in [-0.1, -0.05) is 12.1 Å². The third kappa shape index (κ3) is 3.31. The maximum Gasteiger partial charge on any atom is 0.785 e. The molecule has 3 aromatic rings. The topological polar surface area (TPSA) is 38.7 Å². The van der Waals surface area contributed by atoms with Crippen molar-refractivity contribution in [2.45, 2.75) is 0 Å². The number of benzene rings is 3. The van der Waals surface area contributed by atoms with Crippen molar-refractivity contribution in [3.8, 4) is 11.5 Å². The summed E-state index contributed by atoms with van der Waals surface area (Å²) in [4.78, 5) is 0. The third-order valence-corrected chi connectivity index (χ3v) is 3.67. The molecule has 3 nitrogen and oxygen atoms in total. The fourth-order valence-corrected chi connectivity index (χ4v) is 2.39. The molecule has 0 amide bonds. The molecule has 0 unspecified atom stereocenters. The van der Waals surface area contributed by atoms with E-state index in [0.29, 0.717) is 6.07 Å². The minimum Gasteiger partial charge on any atom is -0.498 e. The number of hydrogen-bond acceptors (Lipinski definition) is 3. The van der Waals surface area contributed by atoms with E-state index in [1.54, 1.807) is 0 Å². The molecule has 0 saturated carbocycles. The summed E-state index contributed by atoms with van der Waals surface area (Å²) in [5, 5.41) is 7.72. The van der Waals surface area contributed by atoms with Gasteiger partial charge in [0, 0.05) is 5.39 Å². The summed E-state index contributed by atoms with van der Waals surface area (Å²) in [6, 6.07) is 2.46. The molecule has 13 heteroatoms. The molecule has 0 fully saturated rings. The van der Waals surface area contributed by atoms with Crippen LogP contribution in [0.2, 0.25) is 0 Å². The zero-order valence-electron chi connectivity index (χ0n) is 13.5. The molecule has 3 aromatic carbocycles. The van der Waals surface area contributed by atoms with Gasteiger partial charge < -0.3 is 14.3 Å². The average molecular weight is 426 g/mol. The van der Waals surface area contributed by atoms with Crippen LogP contribution < -0.4 is 9.31 Å². The molecule has 0 aliphatic rings. The first-order valence-electron chi connectivity index (χ1n) is 7.33. The number of halogens is 9. The second-order valence-corrected chi connectivity index (χ2v) is 5.38. The molecule has 0 bridgehead atoms. The van der Waals surface area contributed by atoms with Gasteiger partial charge >= 0.3 is 7.32 Å². The van der Waals surface area contributed by atoms with Crippen molar-refractivity contribution in [1.29, 1.82) is 0 Å². The maximum atomic E-state index is 14.0. The normalized spacial score (nSPS) is 11.1. The molecule has 0 spiro atoms. The van der Waals surface area contributed by atoms with Crippen LogP contribution in [0.1, 0.15) is 0 Å². The highest BCUT2D eigenvalue weighted by Crippen LogP contribution is 2.36. The second-order valence-electron chi connectivity index (χ2n) is 5.38. The molecule has 0 radical (unpaired) electrons. The first kappa shape index (κ1) is 20.6. The molecular weight excluding hydrogens is 422 g/mol. The Kier molecular flexibility index (Phi) is 5.26. The SMILES string of the molecule is OB(Oc1c(F)c(F)c(F)c(F)c1F)Oc1c(F)c(F)c(F)c2c(F)cccc12. The van der Waals surface area contributed by atoms with Gasteiger partial charge in [-0.05, 0) is 6.07 Å². The minimum absolute atomic E-state index is 0.689. The van der Waals surface area contributed by atoms with Crippen molar-refractivity contribution in [2.24, 2.45) is 0 Å². The van der Waals surface area contributed by atoms with Gasteiger partial charge in [-0.3, -0.25) is 0 Å². The average Bonchev–Trinajstić information content (AvgIpc) is 2.69. The smallest absolute Gasteiger partial charge is 0.498 e. The van der Waals surface area contributed by atoms with Gasteiger partial charge in [0.15, 0.2) is 23.1 Å². The lowest BCUT2D eigenvalue weighted by Crippen LogP contribution is -2.31. The van der Waals surface area contributed by atoms with Crippen molar-refractivity contribution in [1.82, 2.24) is 0 Å². The molecule has 0 atom stereocenters. The van der Waals surface area contributed by atoms with Gasteiger partial charge in [0.2, 0.25) is 34.9 Å². The van der Waals surface area contributed by atoms with Gasteiger partial charge in [0.1, 0.15) is 5.82 Å². The summed E-state index contributed by atoms with van der Waals surface area (Å²) in [5.74, 6) is -23.3. The summed E-state index contributed by atoms with van der Waals surface area (Å²) in [5.41, 5.74) is 0. The molecule has 3 rings (SSSR count). The number of hydrogen-bond donors (Lipinski definition) is 1. The lowest BCUT2D eigenvalue weighted by atomic mass is 10.1. The van der Waals surface area contributed by atoms with E-state index in [9.17, 15) is 44.5 Å². The van der Waals surface area contributed by atoms with Gasteiger partial charge in [-0.25, -0.2) is 26.3 Å². The molecule has 0 aliphatic heterocycles. The second kappa shape index (κ2) is 7.39. The highest BCUT2D eigenvalue weighted by atomic mass is 19.2. The fourth-order valence-electron chi connectivity index (χ4n) is 2.39. The van der Waals surface area contributed by atoms with Crippen LogP contribution in [0.3, 0.4) is 0 Å². The zero-order chi connectivity index (χ0) is 21.6. The molecule has 152 valence electrons. The summed E-state index contributed by atoms with van der Waals surface area (Å²) >= 11 is 0. The van der Waals surface area contributed by atoms with E-state index in [-0.39, 0.29) is 0 Å². The standard InChI is InChI=1S/C16H4BF9O3/c18-5-3-1-2-4-6(5)7(19)8(20)12(24)15(4)28-17(27)29-16-13(25)10(22)9(21)11(23)14(16)26/h1-3,27H. The number of fused-ring (bicyclic) bond motifs is 1. The fraction of sp³-hybridized carbons (Fsp3) is 0. The van der Waals surface area contributed by atoms with E-state index in [1.165, 1.54) is 0 Å². The van der Waals surface area contributed by atoms with Crippen LogP contribution in [0.4, 0.5) is 39.5 Å². The Morgan fingerprint density at radius 1 is 0.586 bits per heavy atom. The Bertz CT molecular complexity index is 1110. The van der Waals surface area contributed by atoms with Crippen LogP contribution in [-0.4, -0.2) is 12.3 Å². The van der Waals surface area contributed by atoms with E-state index in [2.05, 4.69) is 9.31 Å². The lowest BCUT2D eigenvalue weighted by molar-refractivity contribution is 0.265. The van der Waals surface area contributed by atoms with Crippen molar-refractivity contribution >= 4 is 18.1 Å². The van der Waals surface area contributed by atoms with Crippen LogP contribution in [0.15, 0.2) is 18.2 Å². The summed E-state index contributed by atoms with van der Waals surface area (Å²) in [6.45, 7) is 0. The Hall–Kier alpha value is -3.09. The Morgan fingerprint density at radius 2 is 1.03 bits per heavy atom. The Balaban J connectivity index is 2.05. The third-order valence-electron chi connectivity index (χ3n) is 3.67. The lowest BCUT2D eigenvalue weighted by Gasteiger charge is -2.16. The molecule has 0 aliphatic carbocycles. The van der Waals surface area contributed by atoms with Crippen molar-refractivity contribution in [2.75, 3.05) is 0 Å². The van der Waals surface area contributed by atoms with Crippen LogP contribution in [0.5, 0.6) is 11.5 Å². The van der Waals surface area contributed by atoms with Gasteiger partial charge in [0.05, 0.1) is 5.39 Å². The molecule has 0 saturated heterocycles. The molecule has 29 heavy (non-hydrogen) atoms. The highest BCUT2D eigenvalue weighted by molar-refractivity contribution is 6.37. The summed E-state index contributed by atoms with van der Waals surface area (Å²) in [7, 11) is -2.98. The minimum atomic E-state index is -2.98. The van der Waals surface area contributed by atoms with E-state index in [0.717, 1.165) is 12.1 Å². The number of rotatable bonds is 4. The van der Waals surface area contributed by atoms with Gasteiger partial charge in [-0.15, -0.1) is 0 Å². The molecule has 1 N–H and O–H groups in total. The summed E-state index contributed by atoms with van der Waals surface area (Å²) in [6.07, 6.45) is 0.